The highest BCUT2D eigenvalue weighted by Crippen LogP contribution is 2.09. The average Bonchev–Trinajstić information content (AvgIpc) is 2.49. The molecular formula is C16H30N2O4. The van der Waals surface area contributed by atoms with Crippen LogP contribution in [0, 0.1) is 0 Å². The van der Waals surface area contributed by atoms with Crippen LogP contribution in [0.3, 0.4) is 0 Å². The van der Waals surface area contributed by atoms with E-state index in [2.05, 4.69) is 6.92 Å². The standard InChI is InChI=1S/C16H30N2O4/c1-3-4-5-6-7-10-14(21)18(11-8-9-12-19)16(22)15(17)13(2)20/h12-13,15,20H,3-11,17H2,1-2H3/t13-,15+/m1/s1. The minimum atomic E-state index is -1.11. The summed E-state index contributed by atoms with van der Waals surface area (Å²) in [5.74, 6) is -0.844. The number of unbranched alkanes of at least 4 members (excludes halogenated alkanes) is 5. The number of aliphatic hydroxyl groups is 1. The Morgan fingerprint density at radius 3 is 2.36 bits per heavy atom. The second-order valence-electron chi connectivity index (χ2n) is 5.62. The number of nitrogens with two attached hydrogens (primary N) is 1. The van der Waals surface area contributed by atoms with Crippen molar-refractivity contribution in [2.24, 2.45) is 5.73 Å². The SMILES string of the molecule is CCCCCCCC(=O)N(CCCC=O)C(=O)[C@@H](N)[C@@H](C)O. The lowest BCUT2D eigenvalue weighted by molar-refractivity contribution is -0.147. The number of aliphatic hydroxyl groups excluding tert-OH is 1. The number of hydrogen-bond acceptors (Lipinski definition) is 5. The molecule has 2 amide bonds. The number of nitrogens with zero attached hydrogens (tertiary/aromatic N) is 1. The van der Waals surface area contributed by atoms with Crippen LogP contribution in [0.2, 0.25) is 0 Å². The van der Waals surface area contributed by atoms with Gasteiger partial charge in [0, 0.05) is 19.4 Å². The summed E-state index contributed by atoms with van der Waals surface area (Å²) in [5, 5.41) is 9.43. The topological polar surface area (TPSA) is 101 Å². The molecule has 2 atom stereocenters. The lowest BCUT2D eigenvalue weighted by Crippen LogP contribution is -2.51. The lowest BCUT2D eigenvalue weighted by Gasteiger charge is -2.25. The minimum absolute atomic E-state index is 0.172. The smallest absolute Gasteiger partial charge is 0.248 e. The maximum Gasteiger partial charge on any atom is 0.248 e. The van der Waals surface area contributed by atoms with E-state index in [1.165, 1.54) is 6.92 Å². The number of rotatable bonds is 12. The van der Waals surface area contributed by atoms with E-state index < -0.39 is 18.1 Å². The van der Waals surface area contributed by atoms with E-state index in [4.69, 9.17) is 5.73 Å². The number of carbonyl (C=O) groups is 3. The van der Waals surface area contributed by atoms with E-state index in [1.807, 2.05) is 0 Å². The maximum atomic E-state index is 12.2. The Bertz CT molecular complexity index is 345. The Morgan fingerprint density at radius 2 is 1.82 bits per heavy atom. The molecule has 6 nitrogen and oxygen atoms in total. The third-order valence-corrected chi connectivity index (χ3v) is 3.57. The van der Waals surface area contributed by atoms with Gasteiger partial charge in [-0.05, 0) is 19.8 Å². The molecule has 0 aromatic carbocycles. The molecule has 0 spiro atoms. The van der Waals surface area contributed by atoms with Gasteiger partial charge < -0.3 is 15.6 Å². The van der Waals surface area contributed by atoms with Crippen molar-refractivity contribution in [3.05, 3.63) is 0 Å². The van der Waals surface area contributed by atoms with Gasteiger partial charge in [0.25, 0.3) is 0 Å². The third-order valence-electron chi connectivity index (χ3n) is 3.57. The van der Waals surface area contributed by atoms with E-state index in [-0.39, 0.29) is 18.9 Å². The van der Waals surface area contributed by atoms with Crippen LogP contribution >= 0.6 is 0 Å². The van der Waals surface area contributed by atoms with Gasteiger partial charge in [-0.15, -0.1) is 0 Å². The monoisotopic (exact) mass is 314 g/mol. The summed E-state index contributed by atoms with van der Waals surface area (Å²) < 4.78 is 0. The van der Waals surface area contributed by atoms with Crippen molar-refractivity contribution in [2.45, 2.75) is 77.4 Å². The molecule has 0 saturated carbocycles. The predicted molar refractivity (Wildman–Crippen MR) is 85.1 cm³/mol. The molecule has 0 heterocycles. The quantitative estimate of drug-likeness (QED) is 0.419. The van der Waals surface area contributed by atoms with Crippen LogP contribution in [-0.2, 0) is 14.4 Å². The van der Waals surface area contributed by atoms with Gasteiger partial charge in [0.05, 0.1) is 6.10 Å². The summed E-state index contributed by atoms with van der Waals surface area (Å²) in [4.78, 5) is 35.9. The Hall–Kier alpha value is -1.27. The number of amides is 2. The molecule has 0 rings (SSSR count). The minimum Gasteiger partial charge on any atom is -0.391 e. The molecule has 0 aliphatic rings. The normalized spacial score (nSPS) is 13.5. The first-order valence-electron chi connectivity index (χ1n) is 8.17. The fourth-order valence-corrected chi connectivity index (χ4v) is 2.09. The molecule has 0 saturated heterocycles. The van der Waals surface area contributed by atoms with Gasteiger partial charge in [0.2, 0.25) is 11.8 Å². The van der Waals surface area contributed by atoms with Crippen molar-refractivity contribution >= 4 is 18.1 Å². The van der Waals surface area contributed by atoms with Crippen LogP contribution in [-0.4, -0.2) is 46.8 Å². The van der Waals surface area contributed by atoms with Crippen molar-refractivity contribution in [2.75, 3.05) is 6.54 Å². The molecule has 22 heavy (non-hydrogen) atoms. The zero-order chi connectivity index (χ0) is 17.0. The molecule has 0 bridgehead atoms. The number of carbonyl (C=O) groups excluding carboxylic acids is 3. The van der Waals surface area contributed by atoms with Crippen LogP contribution in [0.15, 0.2) is 0 Å². The molecule has 0 aliphatic heterocycles. The zero-order valence-corrected chi connectivity index (χ0v) is 13.8. The zero-order valence-electron chi connectivity index (χ0n) is 13.8. The van der Waals surface area contributed by atoms with Crippen LogP contribution in [0.4, 0.5) is 0 Å². The van der Waals surface area contributed by atoms with Crippen molar-refractivity contribution in [3.63, 3.8) is 0 Å². The largest absolute Gasteiger partial charge is 0.391 e. The van der Waals surface area contributed by atoms with Gasteiger partial charge in [0.1, 0.15) is 12.3 Å². The van der Waals surface area contributed by atoms with Gasteiger partial charge in [-0.2, -0.15) is 0 Å². The van der Waals surface area contributed by atoms with E-state index in [0.29, 0.717) is 12.8 Å². The number of imide groups is 1. The highest BCUT2D eigenvalue weighted by molar-refractivity contribution is 5.98. The van der Waals surface area contributed by atoms with Crippen LogP contribution in [0.5, 0.6) is 0 Å². The first-order valence-corrected chi connectivity index (χ1v) is 8.17. The molecule has 0 unspecified atom stereocenters. The molecule has 3 N–H and O–H groups in total. The Morgan fingerprint density at radius 1 is 1.18 bits per heavy atom. The predicted octanol–water partition coefficient (Wildman–Crippen LogP) is 1.39. The molecule has 0 radical (unpaired) electrons. The van der Waals surface area contributed by atoms with E-state index in [9.17, 15) is 19.5 Å². The van der Waals surface area contributed by atoms with E-state index in [1.54, 1.807) is 0 Å². The van der Waals surface area contributed by atoms with Gasteiger partial charge in [-0.25, -0.2) is 0 Å². The van der Waals surface area contributed by atoms with E-state index >= 15 is 0 Å². The Labute approximate surface area is 133 Å². The Kier molecular flexibility index (Phi) is 11.6. The number of aldehydes is 1. The van der Waals surface area contributed by atoms with Gasteiger partial charge in [0.15, 0.2) is 0 Å². The molecule has 128 valence electrons. The molecule has 0 fully saturated rings. The fourth-order valence-electron chi connectivity index (χ4n) is 2.09. The maximum absolute atomic E-state index is 12.2. The van der Waals surface area contributed by atoms with Crippen molar-refractivity contribution in [1.29, 1.82) is 0 Å². The number of hydrogen-bond donors (Lipinski definition) is 2. The summed E-state index contributed by atoms with van der Waals surface area (Å²) in [6, 6.07) is -1.11. The van der Waals surface area contributed by atoms with Crippen molar-refractivity contribution < 1.29 is 19.5 Å². The van der Waals surface area contributed by atoms with Gasteiger partial charge >= 0.3 is 0 Å². The second kappa shape index (κ2) is 12.3. The highest BCUT2D eigenvalue weighted by Gasteiger charge is 2.28. The highest BCUT2D eigenvalue weighted by atomic mass is 16.3. The summed E-state index contributed by atoms with van der Waals surface area (Å²) in [7, 11) is 0. The molecule has 6 heteroatoms. The molecule has 0 aromatic rings. The lowest BCUT2D eigenvalue weighted by atomic mass is 10.1. The molecule has 0 aliphatic carbocycles. The van der Waals surface area contributed by atoms with Crippen LogP contribution < -0.4 is 5.73 Å². The third kappa shape index (κ3) is 8.24. The van der Waals surface area contributed by atoms with Gasteiger partial charge in [-0.1, -0.05) is 32.6 Å². The molecule has 0 aromatic heterocycles. The summed E-state index contributed by atoms with van der Waals surface area (Å²) in [6.07, 6.45) is 5.79. The summed E-state index contributed by atoms with van der Waals surface area (Å²) in [6.45, 7) is 3.71. The summed E-state index contributed by atoms with van der Waals surface area (Å²) >= 11 is 0. The first kappa shape index (κ1) is 20.7. The van der Waals surface area contributed by atoms with Crippen molar-refractivity contribution in [1.82, 2.24) is 4.90 Å². The second-order valence-corrected chi connectivity index (χ2v) is 5.62. The van der Waals surface area contributed by atoms with Crippen LogP contribution in [0.1, 0.15) is 65.2 Å². The van der Waals surface area contributed by atoms with Crippen LogP contribution in [0.25, 0.3) is 0 Å². The average molecular weight is 314 g/mol. The fraction of sp³-hybridized carbons (Fsp3) is 0.812. The first-order chi connectivity index (χ1) is 10.5. The van der Waals surface area contributed by atoms with E-state index in [0.717, 1.165) is 43.3 Å². The Balaban J connectivity index is 4.52. The molecular weight excluding hydrogens is 284 g/mol. The summed E-state index contributed by atoms with van der Waals surface area (Å²) in [5.41, 5.74) is 5.63. The van der Waals surface area contributed by atoms with Crippen molar-refractivity contribution in [3.8, 4) is 0 Å². The van der Waals surface area contributed by atoms with Gasteiger partial charge in [-0.3, -0.25) is 14.5 Å².